The molecule has 0 saturated carbocycles. The Morgan fingerprint density at radius 1 is 1.08 bits per heavy atom. The first-order chi connectivity index (χ1) is 12.4. The summed E-state index contributed by atoms with van der Waals surface area (Å²) in [7, 11) is -1.79. The van der Waals surface area contributed by atoms with Crippen LogP contribution in [0.25, 0.3) is 0 Å². The lowest BCUT2D eigenvalue weighted by Gasteiger charge is -2.47. The highest BCUT2D eigenvalue weighted by atomic mass is 28.4. The summed E-state index contributed by atoms with van der Waals surface area (Å²) in [6, 6.07) is 3.27. The monoisotopic (exact) mass is 372 g/mol. The van der Waals surface area contributed by atoms with Gasteiger partial charge in [-0.2, -0.15) is 0 Å². The summed E-state index contributed by atoms with van der Waals surface area (Å²) in [4.78, 5) is 25.8. The number of Topliss-reactive ketones (excluding diaryl/α,β-unsaturated/α-hetero) is 1. The second-order valence-corrected chi connectivity index (χ2v) is 12.9. The van der Waals surface area contributed by atoms with Crippen LogP contribution in [0.5, 0.6) is 0 Å². The molecular weight excluding hydrogens is 340 g/mol. The highest BCUT2D eigenvalue weighted by molar-refractivity contribution is 6.73. The van der Waals surface area contributed by atoms with Gasteiger partial charge in [0.1, 0.15) is 0 Å². The molecule has 0 radical (unpaired) electrons. The Balaban J connectivity index is 1.99. The summed E-state index contributed by atoms with van der Waals surface area (Å²) >= 11 is 0. The van der Waals surface area contributed by atoms with Crippen LogP contribution in [-0.2, 0) is 14.0 Å². The van der Waals surface area contributed by atoms with Crippen molar-refractivity contribution in [1.29, 1.82) is 0 Å². The molecular formula is C22H32O3Si. The van der Waals surface area contributed by atoms with Crippen LogP contribution in [0, 0.1) is 23.7 Å². The van der Waals surface area contributed by atoms with Crippen LogP contribution in [0.4, 0.5) is 0 Å². The van der Waals surface area contributed by atoms with Gasteiger partial charge in [0, 0.05) is 17.8 Å². The second-order valence-electron chi connectivity index (χ2n) is 8.22. The quantitative estimate of drug-likeness (QED) is 0.511. The fraction of sp³-hybridized carbons (Fsp3) is 0.636. The first-order valence-electron chi connectivity index (χ1n) is 10.2. The smallest absolute Gasteiger partial charge is 0.192 e. The van der Waals surface area contributed by atoms with Crippen molar-refractivity contribution >= 4 is 19.9 Å². The van der Waals surface area contributed by atoms with Crippen LogP contribution < -0.4 is 0 Å². The van der Waals surface area contributed by atoms with E-state index in [2.05, 4.69) is 33.8 Å². The average molecular weight is 373 g/mol. The van der Waals surface area contributed by atoms with Crippen molar-refractivity contribution in [2.75, 3.05) is 0 Å². The van der Waals surface area contributed by atoms with Crippen LogP contribution in [0.3, 0.4) is 0 Å². The molecule has 0 aliphatic heterocycles. The molecule has 0 fully saturated rings. The Kier molecular flexibility index (Phi) is 5.55. The van der Waals surface area contributed by atoms with E-state index in [1.807, 2.05) is 19.1 Å². The minimum absolute atomic E-state index is 0.000116. The Morgan fingerprint density at radius 3 is 2.35 bits per heavy atom. The number of carbonyl (C=O) groups excluding carboxylic acids is 2. The first-order valence-corrected chi connectivity index (χ1v) is 12.7. The molecule has 0 bridgehead atoms. The van der Waals surface area contributed by atoms with Gasteiger partial charge in [0.25, 0.3) is 0 Å². The molecule has 3 aliphatic carbocycles. The Hall–Kier alpha value is -1.26. The zero-order valence-electron chi connectivity index (χ0n) is 16.7. The van der Waals surface area contributed by atoms with E-state index in [-0.39, 0.29) is 41.3 Å². The summed E-state index contributed by atoms with van der Waals surface area (Å²) in [5, 5.41) is 0. The standard InChI is InChI=1S/C22H32O3Si/c1-6-26(7-2,8-3)25-19-12-11-18(23)20-17(19)13-15(5)16-10-9-14(4)22(24)21(16)20/h9,11-13,16-17,19-21H,6-8,10H2,1-5H3/t16-,17+,19-,20-,21+/m0/s1. The molecule has 3 nitrogen and oxygen atoms in total. The topological polar surface area (TPSA) is 43.4 Å². The summed E-state index contributed by atoms with van der Waals surface area (Å²) in [5.74, 6) is -0.0229. The van der Waals surface area contributed by atoms with Crippen LogP contribution in [-0.4, -0.2) is 26.0 Å². The normalized spacial score (nSPS) is 34.1. The molecule has 5 atom stereocenters. The van der Waals surface area contributed by atoms with E-state index in [1.165, 1.54) is 5.57 Å². The fourth-order valence-electron chi connectivity index (χ4n) is 5.15. The molecule has 0 aromatic carbocycles. The number of hydrogen-bond acceptors (Lipinski definition) is 3. The van der Waals surface area contributed by atoms with Gasteiger partial charge in [0.15, 0.2) is 19.9 Å². The summed E-state index contributed by atoms with van der Waals surface area (Å²) in [5.41, 5.74) is 2.07. The first kappa shape index (κ1) is 19.5. The number of rotatable bonds is 5. The zero-order chi connectivity index (χ0) is 19.1. The van der Waals surface area contributed by atoms with Crippen molar-refractivity contribution in [2.24, 2.45) is 23.7 Å². The second kappa shape index (κ2) is 7.39. The Labute approximate surface area is 158 Å². The van der Waals surface area contributed by atoms with E-state index in [0.717, 1.165) is 30.1 Å². The molecule has 26 heavy (non-hydrogen) atoms. The summed E-state index contributed by atoms with van der Waals surface area (Å²) < 4.78 is 6.76. The van der Waals surface area contributed by atoms with Crippen molar-refractivity contribution < 1.29 is 14.0 Å². The fourth-order valence-corrected chi connectivity index (χ4v) is 7.96. The zero-order valence-corrected chi connectivity index (χ0v) is 17.7. The van der Waals surface area contributed by atoms with E-state index in [0.29, 0.717) is 0 Å². The van der Waals surface area contributed by atoms with E-state index < -0.39 is 8.32 Å². The summed E-state index contributed by atoms with van der Waals surface area (Å²) in [6.45, 7) is 10.7. The van der Waals surface area contributed by atoms with Gasteiger partial charge in [-0.1, -0.05) is 44.6 Å². The van der Waals surface area contributed by atoms with Gasteiger partial charge in [-0.05, 0) is 56.0 Å². The molecule has 0 saturated heterocycles. The van der Waals surface area contributed by atoms with Crippen LogP contribution >= 0.6 is 0 Å². The molecule has 0 heterocycles. The highest BCUT2D eigenvalue weighted by Crippen LogP contribution is 2.48. The van der Waals surface area contributed by atoms with E-state index in [1.54, 1.807) is 6.08 Å². The third-order valence-corrected chi connectivity index (χ3v) is 11.8. The SMILES string of the molecule is CC[Si](CC)(CC)O[C@H]1C=CC(=O)[C@@H]2[C@@H]1C=C(C)[C@@H]1CC=C(C)C(=O)[C@@H]21. The molecule has 4 heteroatoms. The predicted molar refractivity (Wildman–Crippen MR) is 107 cm³/mol. The van der Waals surface area contributed by atoms with E-state index in [4.69, 9.17) is 4.43 Å². The van der Waals surface area contributed by atoms with Gasteiger partial charge in [0.2, 0.25) is 0 Å². The van der Waals surface area contributed by atoms with Crippen molar-refractivity contribution in [1.82, 2.24) is 0 Å². The van der Waals surface area contributed by atoms with Crippen molar-refractivity contribution in [2.45, 2.75) is 65.3 Å². The maximum absolute atomic E-state index is 13.0. The molecule has 3 rings (SSSR count). The average Bonchev–Trinajstić information content (AvgIpc) is 2.64. The third-order valence-electron chi connectivity index (χ3n) is 7.12. The third kappa shape index (κ3) is 3.11. The van der Waals surface area contributed by atoms with Crippen LogP contribution in [0.1, 0.15) is 41.0 Å². The lowest BCUT2D eigenvalue weighted by Crippen LogP contribution is -2.51. The number of allylic oxidation sites excluding steroid dienone is 4. The summed E-state index contributed by atoms with van der Waals surface area (Å²) in [6.07, 6.45) is 8.75. The minimum atomic E-state index is -1.79. The molecule has 0 unspecified atom stereocenters. The number of fused-ring (bicyclic) bond motifs is 3. The largest absolute Gasteiger partial charge is 0.410 e. The minimum Gasteiger partial charge on any atom is -0.410 e. The molecule has 0 aromatic rings. The number of ketones is 2. The molecule has 0 N–H and O–H groups in total. The van der Waals surface area contributed by atoms with Crippen LogP contribution in [0.15, 0.2) is 35.5 Å². The Bertz CT molecular complexity index is 675. The molecule has 0 spiro atoms. The van der Waals surface area contributed by atoms with E-state index >= 15 is 0 Å². The number of hydrogen-bond donors (Lipinski definition) is 0. The van der Waals surface area contributed by atoms with Crippen LogP contribution in [0.2, 0.25) is 18.1 Å². The molecule has 0 amide bonds. The van der Waals surface area contributed by atoms with Gasteiger partial charge >= 0.3 is 0 Å². The maximum Gasteiger partial charge on any atom is 0.192 e. The van der Waals surface area contributed by atoms with Crippen molar-refractivity contribution in [3.8, 4) is 0 Å². The molecule has 142 valence electrons. The molecule has 0 aromatic heterocycles. The highest BCUT2D eigenvalue weighted by Gasteiger charge is 2.51. The predicted octanol–water partition coefficient (Wildman–Crippen LogP) is 4.86. The van der Waals surface area contributed by atoms with Gasteiger partial charge in [-0.25, -0.2) is 0 Å². The van der Waals surface area contributed by atoms with Gasteiger partial charge < -0.3 is 4.43 Å². The maximum atomic E-state index is 13.0. The Morgan fingerprint density at radius 2 is 1.73 bits per heavy atom. The lowest BCUT2D eigenvalue weighted by molar-refractivity contribution is -0.133. The van der Waals surface area contributed by atoms with Crippen molar-refractivity contribution in [3.63, 3.8) is 0 Å². The lowest BCUT2D eigenvalue weighted by atomic mass is 9.58. The number of carbonyl (C=O) groups is 2. The van der Waals surface area contributed by atoms with Gasteiger partial charge in [-0.3, -0.25) is 9.59 Å². The van der Waals surface area contributed by atoms with Gasteiger partial charge in [-0.15, -0.1) is 0 Å². The van der Waals surface area contributed by atoms with Gasteiger partial charge in [0.05, 0.1) is 6.10 Å². The molecule has 3 aliphatic rings. The van der Waals surface area contributed by atoms with Crippen molar-refractivity contribution in [3.05, 3.63) is 35.5 Å². The van der Waals surface area contributed by atoms with E-state index in [9.17, 15) is 9.59 Å².